The fourth-order valence-electron chi connectivity index (χ4n) is 3.04. The molecule has 0 atom stereocenters. The van der Waals surface area contributed by atoms with Crippen molar-refractivity contribution in [2.45, 2.75) is 52.1 Å². The third kappa shape index (κ3) is 2.86. The Balaban J connectivity index is 2.14. The number of hydrogen-bond acceptors (Lipinski definition) is 2. The first kappa shape index (κ1) is 13.4. The van der Waals surface area contributed by atoms with E-state index in [1.165, 1.54) is 36.9 Å². The standard InChI is InChI=1S/C16H26N2/c1-4-14(5-2)18(3)12-13-8-6-10-16-15(13)9-7-11-17-16/h6,8,10,14,17H,4-5,7,9,11-12H2,1-3H3. The van der Waals surface area contributed by atoms with Gasteiger partial charge in [0.25, 0.3) is 0 Å². The summed E-state index contributed by atoms with van der Waals surface area (Å²) in [6.07, 6.45) is 4.97. The summed E-state index contributed by atoms with van der Waals surface area (Å²) in [7, 11) is 2.26. The van der Waals surface area contributed by atoms with Crippen LogP contribution in [0.1, 0.15) is 44.2 Å². The largest absolute Gasteiger partial charge is 0.385 e. The molecule has 2 heteroatoms. The van der Waals surface area contributed by atoms with Gasteiger partial charge in [0, 0.05) is 24.8 Å². The van der Waals surface area contributed by atoms with Crippen molar-refractivity contribution in [1.29, 1.82) is 0 Å². The van der Waals surface area contributed by atoms with Crippen LogP contribution in [0, 0.1) is 0 Å². The highest BCUT2D eigenvalue weighted by Gasteiger charge is 2.16. The normalized spacial score (nSPS) is 14.7. The van der Waals surface area contributed by atoms with Crippen molar-refractivity contribution in [3.8, 4) is 0 Å². The molecule has 0 saturated carbocycles. The molecule has 0 amide bonds. The van der Waals surface area contributed by atoms with Crippen LogP contribution in [0.3, 0.4) is 0 Å². The Hall–Kier alpha value is -1.02. The van der Waals surface area contributed by atoms with E-state index in [1.54, 1.807) is 5.56 Å². The highest BCUT2D eigenvalue weighted by molar-refractivity contribution is 5.56. The lowest BCUT2D eigenvalue weighted by molar-refractivity contribution is 0.221. The third-order valence-electron chi connectivity index (χ3n) is 4.18. The summed E-state index contributed by atoms with van der Waals surface area (Å²) in [5, 5.41) is 3.51. The molecule has 1 heterocycles. The maximum Gasteiger partial charge on any atom is 0.0375 e. The predicted octanol–water partition coefficient (Wildman–Crippen LogP) is 3.67. The Kier molecular flexibility index (Phi) is 4.65. The molecule has 18 heavy (non-hydrogen) atoms. The summed E-state index contributed by atoms with van der Waals surface area (Å²) < 4.78 is 0. The molecule has 0 radical (unpaired) electrons. The molecule has 0 unspecified atom stereocenters. The molecule has 0 fully saturated rings. The van der Waals surface area contributed by atoms with Crippen LogP contribution in [0.15, 0.2) is 18.2 Å². The van der Waals surface area contributed by atoms with Gasteiger partial charge in [-0.25, -0.2) is 0 Å². The maximum absolute atomic E-state index is 3.51. The summed E-state index contributed by atoms with van der Waals surface area (Å²) in [6, 6.07) is 7.41. The first-order valence-corrected chi connectivity index (χ1v) is 7.31. The number of hydrogen-bond donors (Lipinski definition) is 1. The SMILES string of the molecule is CCC(CC)N(C)Cc1cccc2c1CCCN2. The third-order valence-corrected chi connectivity index (χ3v) is 4.18. The average molecular weight is 246 g/mol. The van der Waals surface area contributed by atoms with Crippen LogP contribution in [-0.2, 0) is 13.0 Å². The van der Waals surface area contributed by atoms with E-state index in [9.17, 15) is 0 Å². The first-order chi connectivity index (χ1) is 8.76. The summed E-state index contributed by atoms with van der Waals surface area (Å²) in [5.41, 5.74) is 4.41. The van der Waals surface area contributed by atoms with Crippen LogP contribution in [-0.4, -0.2) is 24.5 Å². The average Bonchev–Trinajstić information content (AvgIpc) is 2.40. The number of nitrogens with one attached hydrogen (secondary N) is 1. The maximum atomic E-state index is 3.51. The molecule has 1 aromatic carbocycles. The van der Waals surface area contributed by atoms with E-state index in [0.717, 1.165) is 13.1 Å². The summed E-state index contributed by atoms with van der Waals surface area (Å²) in [4.78, 5) is 2.50. The fraction of sp³-hybridized carbons (Fsp3) is 0.625. The van der Waals surface area contributed by atoms with Crippen molar-refractivity contribution in [3.63, 3.8) is 0 Å². The van der Waals surface area contributed by atoms with Crippen molar-refractivity contribution >= 4 is 5.69 Å². The van der Waals surface area contributed by atoms with Gasteiger partial charge in [0.15, 0.2) is 0 Å². The van der Waals surface area contributed by atoms with Crippen LogP contribution < -0.4 is 5.32 Å². The second-order valence-corrected chi connectivity index (χ2v) is 5.36. The molecule has 2 rings (SSSR count). The minimum absolute atomic E-state index is 0.706. The summed E-state index contributed by atoms with van der Waals surface area (Å²) in [5.74, 6) is 0. The van der Waals surface area contributed by atoms with Crippen molar-refractivity contribution < 1.29 is 0 Å². The molecule has 0 bridgehead atoms. The quantitative estimate of drug-likeness (QED) is 0.853. The van der Waals surface area contributed by atoms with E-state index in [2.05, 4.69) is 49.3 Å². The van der Waals surface area contributed by atoms with E-state index in [0.29, 0.717) is 6.04 Å². The highest BCUT2D eigenvalue weighted by atomic mass is 15.1. The van der Waals surface area contributed by atoms with Gasteiger partial charge >= 0.3 is 0 Å². The number of anilines is 1. The smallest absolute Gasteiger partial charge is 0.0375 e. The molecule has 1 aliphatic rings. The van der Waals surface area contributed by atoms with Crippen molar-refractivity contribution in [2.75, 3.05) is 18.9 Å². The Labute approximate surface area is 111 Å². The molecule has 1 N–H and O–H groups in total. The Morgan fingerprint density at radius 3 is 2.78 bits per heavy atom. The monoisotopic (exact) mass is 246 g/mol. The van der Waals surface area contributed by atoms with Gasteiger partial charge in [-0.15, -0.1) is 0 Å². The lowest BCUT2D eigenvalue weighted by atomic mass is 9.97. The zero-order chi connectivity index (χ0) is 13.0. The predicted molar refractivity (Wildman–Crippen MR) is 79.1 cm³/mol. The lowest BCUT2D eigenvalue weighted by Gasteiger charge is -2.28. The molecular weight excluding hydrogens is 220 g/mol. The van der Waals surface area contributed by atoms with E-state index in [1.807, 2.05) is 0 Å². The second kappa shape index (κ2) is 6.24. The molecule has 0 saturated heterocycles. The van der Waals surface area contributed by atoms with Gasteiger partial charge in [-0.05, 0) is 49.9 Å². The van der Waals surface area contributed by atoms with Crippen LogP contribution in [0.25, 0.3) is 0 Å². The molecule has 0 spiro atoms. The first-order valence-electron chi connectivity index (χ1n) is 7.31. The number of fused-ring (bicyclic) bond motifs is 1. The van der Waals surface area contributed by atoms with Gasteiger partial charge in [-0.1, -0.05) is 26.0 Å². The molecule has 1 aliphatic heterocycles. The summed E-state index contributed by atoms with van der Waals surface area (Å²) >= 11 is 0. The zero-order valence-corrected chi connectivity index (χ0v) is 12.0. The van der Waals surface area contributed by atoms with E-state index < -0.39 is 0 Å². The number of rotatable bonds is 5. The topological polar surface area (TPSA) is 15.3 Å². The second-order valence-electron chi connectivity index (χ2n) is 5.36. The van der Waals surface area contributed by atoms with Crippen LogP contribution in [0.4, 0.5) is 5.69 Å². The van der Waals surface area contributed by atoms with Crippen molar-refractivity contribution in [2.24, 2.45) is 0 Å². The Morgan fingerprint density at radius 2 is 2.06 bits per heavy atom. The van der Waals surface area contributed by atoms with Gasteiger partial charge in [0.1, 0.15) is 0 Å². The van der Waals surface area contributed by atoms with Crippen LogP contribution >= 0.6 is 0 Å². The number of nitrogens with zero attached hydrogens (tertiary/aromatic N) is 1. The number of benzene rings is 1. The van der Waals surface area contributed by atoms with E-state index >= 15 is 0 Å². The van der Waals surface area contributed by atoms with Gasteiger partial charge in [-0.2, -0.15) is 0 Å². The summed E-state index contributed by atoms with van der Waals surface area (Å²) in [6.45, 7) is 6.77. The van der Waals surface area contributed by atoms with Gasteiger partial charge < -0.3 is 5.32 Å². The minimum Gasteiger partial charge on any atom is -0.385 e. The zero-order valence-electron chi connectivity index (χ0n) is 12.0. The van der Waals surface area contributed by atoms with E-state index in [4.69, 9.17) is 0 Å². The Bertz CT molecular complexity index is 383. The molecule has 2 nitrogen and oxygen atoms in total. The molecule has 0 aromatic heterocycles. The lowest BCUT2D eigenvalue weighted by Crippen LogP contribution is -2.30. The van der Waals surface area contributed by atoms with Gasteiger partial charge in [-0.3, -0.25) is 4.90 Å². The molecular formula is C16H26N2. The Morgan fingerprint density at radius 1 is 1.28 bits per heavy atom. The van der Waals surface area contributed by atoms with Gasteiger partial charge in [0.2, 0.25) is 0 Å². The molecule has 100 valence electrons. The molecule has 0 aliphatic carbocycles. The minimum atomic E-state index is 0.706. The van der Waals surface area contributed by atoms with Crippen molar-refractivity contribution in [3.05, 3.63) is 29.3 Å². The molecule has 1 aromatic rings. The van der Waals surface area contributed by atoms with E-state index in [-0.39, 0.29) is 0 Å². The fourth-order valence-corrected chi connectivity index (χ4v) is 3.04. The van der Waals surface area contributed by atoms with Gasteiger partial charge in [0.05, 0.1) is 0 Å². The highest BCUT2D eigenvalue weighted by Crippen LogP contribution is 2.26. The van der Waals surface area contributed by atoms with Crippen molar-refractivity contribution in [1.82, 2.24) is 4.90 Å². The van der Waals surface area contributed by atoms with Crippen LogP contribution in [0.2, 0.25) is 0 Å². The van der Waals surface area contributed by atoms with Crippen LogP contribution in [0.5, 0.6) is 0 Å².